The Morgan fingerprint density at radius 3 is 2.74 bits per heavy atom. The molecule has 2 aromatic carbocycles. The van der Waals surface area contributed by atoms with Crippen molar-refractivity contribution in [3.63, 3.8) is 0 Å². The minimum atomic E-state index is 0.000509. The summed E-state index contributed by atoms with van der Waals surface area (Å²) in [5, 5.41) is 3.24. The molecule has 0 unspecified atom stereocenters. The van der Waals surface area contributed by atoms with Gasteiger partial charge in [0.05, 0.1) is 11.3 Å². The van der Waals surface area contributed by atoms with E-state index in [2.05, 4.69) is 5.32 Å². The van der Waals surface area contributed by atoms with Gasteiger partial charge in [-0.15, -0.1) is 0 Å². The minimum Gasteiger partial charge on any atom is -0.489 e. The number of benzene rings is 2. The van der Waals surface area contributed by atoms with Crippen molar-refractivity contribution in [1.82, 2.24) is 0 Å². The highest BCUT2D eigenvalue weighted by Crippen LogP contribution is 2.32. The number of hydrogen-bond acceptors (Lipinski definition) is 3. The lowest BCUT2D eigenvalue weighted by Gasteiger charge is -2.21. The van der Waals surface area contributed by atoms with Crippen LogP contribution in [0.15, 0.2) is 42.5 Å². The smallest absolute Gasteiger partial charge is 0.196 e. The van der Waals surface area contributed by atoms with Crippen LogP contribution in [0.4, 0.5) is 5.69 Å². The SMILES string of the molecule is Cc1ccc(C(=O)c2cccc3c2OCCN3)cc1. The number of rotatable bonds is 2. The normalized spacial score (nSPS) is 13.1. The van der Waals surface area contributed by atoms with Crippen LogP contribution in [0.1, 0.15) is 21.5 Å². The van der Waals surface area contributed by atoms with E-state index in [1.54, 1.807) is 0 Å². The predicted molar refractivity (Wildman–Crippen MR) is 75.0 cm³/mol. The second-order valence-corrected chi connectivity index (χ2v) is 4.65. The van der Waals surface area contributed by atoms with Crippen molar-refractivity contribution in [3.05, 3.63) is 59.2 Å². The fraction of sp³-hybridized carbons (Fsp3) is 0.188. The molecule has 1 aliphatic rings. The van der Waals surface area contributed by atoms with Crippen molar-refractivity contribution in [1.29, 1.82) is 0 Å². The summed E-state index contributed by atoms with van der Waals surface area (Å²) in [5.41, 5.74) is 3.34. The summed E-state index contributed by atoms with van der Waals surface area (Å²) in [6, 6.07) is 13.2. The topological polar surface area (TPSA) is 38.3 Å². The van der Waals surface area contributed by atoms with Crippen molar-refractivity contribution in [3.8, 4) is 5.75 Å². The van der Waals surface area contributed by atoms with E-state index in [0.29, 0.717) is 23.5 Å². The van der Waals surface area contributed by atoms with Crippen molar-refractivity contribution < 1.29 is 9.53 Å². The van der Waals surface area contributed by atoms with Crippen LogP contribution in [0.5, 0.6) is 5.75 Å². The molecule has 3 rings (SSSR count). The number of carbonyl (C=O) groups excluding carboxylic acids is 1. The van der Waals surface area contributed by atoms with Crippen molar-refractivity contribution in [2.45, 2.75) is 6.92 Å². The van der Waals surface area contributed by atoms with E-state index in [4.69, 9.17) is 4.74 Å². The van der Waals surface area contributed by atoms with Crippen LogP contribution in [0, 0.1) is 6.92 Å². The second-order valence-electron chi connectivity index (χ2n) is 4.65. The lowest BCUT2D eigenvalue weighted by atomic mass is 10.0. The minimum absolute atomic E-state index is 0.000509. The fourth-order valence-electron chi connectivity index (χ4n) is 2.21. The quantitative estimate of drug-likeness (QED) is 0.836. The van der Waals surface area contributed by atoms with Crippen molar-refractivity contribution >= 4 is 11.5 Å². The van der Waals surface area contributed by atoms with Gasteiger partial charge in [-0.25, -0.2) is 0 Å². The molecule has 0 aromatic heterocycles. The number of carbonyl (C=O) groups is 1. The van der Waals surface area contributed by atoms with E-state index >= 15 is 0 Å². The molecule has 0 saturated carbocycles. The van der Waals surface area contributed by atoms with Gasteiger partial charge in [-0.3, -0.25) is 4.79 Å². The lowest BCUT2D eigenvalue weighted by Crippen LogP contribution is -2.20. The van der Waals surface area contributed by atoms with Gasteiger partial charge in [-0.05, 0) is 19.1 Å². The Morgan fingerprint density at radius 1 is 1.16 bits per heavy atom. The molecule has 2 aromatic rings. The van der Waals surface area contributed by atoms with E-state index < -0.39 is 0 Å². The molecule has 0 atom stereocenters. The second kappa shape index (κ2) is 4.76. The molecular formula is C16H15NO2. The largest absolute Gasteiger partial charge is 0.489 e. The molecule has 1 heterocycles. The highest BCUT2D eigenvalue weighted by molar-refractivity contribution is 6.11. The average molecular weight is 253 g/mol. The number of hydrogen-bond donors (Lipinski definition) is 1. The summed E-state index contributed by atoms with van der Waals surface area (Å²) < 4.78 is 5.64. The number of ketones is 1. The summed E-state index contributed by atoms with van der Waals surface area (Å²) in [6.07, 6.45) is 0. The molecule has 1 N–H and O–H groups in total. The first-order valence-corrected chi connectivity index (χ1v) is 6.37. The van der Waals surface area contributed by atoms with E-state index in [1.165, 1.54) is 0 Å². The van der Waals surface area contributed by atoms with E-state index in [-0.39, 0.29) is 5.78 Å². The monoisotopic (exact) mass is 253 g/mol. The summed E-state index contributed by atoms with van der Waals surface area (Å²) >= 11 is 0. The van der Waals surface area contributed by atoms with Gasteiger partial charge in [-0.1, -0.05) is 35.9 Å². The summed E-state index contributed by atoms with van der Waals surface area (Å²) in [4.78, 5) is 12.5. The molecule has 0 radical (unpaired) electrons. The number of nitrogens with one attached hydrogen (secondary N) is 1. The number of fused-ring (bicyclic) bond motifs is 1. The molecule has 1 aliphatic heterocycles. The molecule has 19 heavy (non-hydrogen) atoms. The van der Waals surface area contributed by atoms with Crippen LogP contribution >= 0.6 is 0 Å². The van der Waals surface area contributed by atoms with Gasteiger partial charge >= 0.3 is 0 Å². The van der Waals surface area contributed by atoms with Gasteiger partial charge in [0.2, 0.25) is 0 Å². The standard InChI is InChI=1S/C16H15NO2/c1-11-5-7-12(8-6-11)15(18)13-3-2-4-14-16(13)19-10-9-17-14/h2-8,17H,9-10H2,1H3. The maximum atomic E-state index is 12.5. The highest BCUT2D eigenvalue weighted by Gasteiger charge is 2.19. The van der Waals surface area contributed by atoms with Crippen LogP contribution < -0.4 is 10.1 Å². The number of aryl methyl sites for hydroxylation is 1. The predicted octanol–water partition coefficient (Wildman–Crippen LogP) is 3.03. The number of ether oxygens (including phenoxy) is 1. The van der Waals surface area contributed by atoms with Gasteiger partial charge in [-0.2, -0.15) is 0 Å². The van der Waals surface area contributed by atoms with Gasteiger partial charge < -0.3 is 10.1 Å². The lowest BCUT2D eigenvalue weighted by molar-refractivity contribution is 0.103. The van der Waals surface area contributed by atoms with E-state index in [1.807, 2.05) is 49.4 Å². The first kappa shape index (κ1) is 11.8. The third kappa shape index (κ3) is 2.19. The Labute approximate surface area is 112 Å². The highest BCUT2D eigenvalue weighted by atomic mass is 16.5. The third-order valence-electron chi connectivity index (χ3n) is 3.24. The first-order valence-electron chi connectivity index (χ1n) is 6.37. The Balaban J connectivity index is 2.02. The maximum Gasteiger partial charge on any atom is 0.196 e. The fourth-order valence-corrected chi connectivity index (χ4v) is 2.21. The van der Waals surface area contributed by atoms with Gasteiger partial charge in [0, 0.05) is 12.1 Å². The maximum absolute atomic E-state index is 12.5. The number of para-hydroxylation sites is 1. The Morgan fingerprint density at radius 2 is 1.95 bits per heavy atom. The first-order chi connectivity index (χ1) is 9.25. The van der Waals surface area contributed by atoms with E-state index in [9.17, 15) is 4.79 Å². The van der Waals surface area contributed by atoms with Crippen LogP contribution in [-0.2, 0) is 0 Å². The molecule has 96 valence electrons. The van der Waals surface area contributed by atoms with Gasteiger partial charge in [0.15, 0.2) is 11.5 Å². The Kier molecular flexibility index (Phi) is 2.95. The molecular weight excluding hydrogens is 238 g/mol. The Hall–Kier alpha value is -2.29. The van der Waals surface area contributed by atoms with Crippen LogP contribution in [-0.4, -0.2) is 18.9 Å². The van der Waals surface area contributed by atoms with Crippen LogP contribution in [0.25, 0.3) is 0 Å². The third-order valence-corrected chi connectivity index (χ3v) is 3.24. The summed E-state index contributed by atoms with van der Waals surface area (Å²) in [6.45, 7) is 3.37. The molecule has 3 heteroatoms. The van der Waals surface area contributed by atoms with Crippen molar-refractivity contribution in [2.24, 2.45) is 0 Å². The molecule has 0 saturated heterocycles. The van der Waals surface area contributed by atoms with Crippen molar-refractivity contribution in [2.75, 3.05) is 18.5 Å². The average Bonchev–Trinajstić information content (AvgIpc) is 2.47. The molecule has 0 fully saturated rings. The molecule has 0 spiro atoms. The molecule has 0 bridgehead atoms. The van der Waals surface area contributed by atoms with E-state index in [0.717, 1.165) is 17.8 Å². The zero-order chi connectivity index (χ0) is 13.2. The van der Waals surface area contributed by atoms with Crippen LogP contribution in [0.3, 0.4) is 0 Å². The summed E-state index contributed by atoms with van der Waals surface area (Å²) in [7, 11) is 0. The van der Waals surface area contributed by atoms with Gasteiger partial charge in [0.25, 0.3) is 0 Å². The zero-order valence-corrected chi connectivity index (χ0v) is 10.8. The van der Waals surface area contributed by atoms with Crippen LogP contribution in [0.2, 0.25) is 0 Å². The zero-order valence-electron chi connectivity index (χ0n) is 10.8. The Bertz CT molecular complexity index is 617. The molecule has 3 nitrogen and oxygen atoms in total. The number of anilines is 1. The molecule has 0 amide bonds. The molecule has 0 aliphatic carbocycles. The summed E-state index contributed by atoms with van der Waals surface area (Å²) in [5.74, 6) is 0.667. The van der Waals surface area contributed by atoms with Gasteiger partial charge in [0.1, 0.15) is 6.61 Å².